The highest BCUT2D eigenvalue weighted by Gasteiger charge is 2.39. The fourth-order valence-corrected chi connectivity index (χ4v) is 5.96. The third-order valence-electron chi connectivity index (χ3n) is 7.16. The number of nitrogens with zero attached hydrogens (tertiary/aromatic N) is 1. The second-order valence-corrected chi connectivity index (χ2v) is 11.6. The molecule has 2 aliphatic rings. The molecule has 6 nitrogen and oxygen atoms in total. The minimum atomic E-state index is -3.87. The first-order valence-corrected chi connectivity index (χ1v) is 14.4. The normalized spacial score (nSPS) is 20.6. The molecule has 2 atom stereocenters. The number of hydrogen-bond donors (Lipinski definition) is 2. The molecule has 1 heterocycles. The first kappa shape index (κ1) is 25.4. The van der Waals surface area contributed by atoms with E-state index in [1.54, 1.807) is 24.3 Å². The van der Waals surface area contributed by atoms with Crippen LogP contribution < -0.4 is 10.0 Å². The van der Waals surface area contributed by atoms with Gasteiger partial charge < -0.3 is 5.32 Å². The number of likely N-dealkylation sites (tertiary alicyclic amines) is 1. The van der Waals surface area contributed by atoms with Crippen LogP contribution >= 0.6 is 0 Å². The Labute approximate surface area is 219 Å². The molecule has 2 N–H and O–H groups in total. The molecule has 7 heteroatoms. The van der Waals surface area contributed by atoms with E-state index >= 15 is 0 Å². The maximum absolute atomic E-state index is 12.3. The highest BCUT2D eigenvalue weighted by atomic mass is 32.2. The van der Waals surface area contributed by atoms with E-state index in [9.17, 15) is 13.2 Å². The SMILES string of the molecule is O=C(/C=C/c1ccc(CN2CCC(N[C@@H]3C[C@H]3c3ccccc3)CC2)cc1)NS(=O)(=O)c1ccccc1. The van der Waals surface area contributed by atoms with E-state index in [0.29, 0.717) is 18.0 Å². The van der Waals surface area contributed by atoms with Crippen molar-refractivity contribution in [3.63, 3.8) is 0 Å². The predicted octanol–water partition coefficient (Wildman–Crippen LogP) is 4.32. The van der Waals surface area contributed by atoms with Crippen molar-refractivity contribution in [1.82, 2.24) is 14.9 Å². The zero-order chi connectivity index (χ0) is 25.7. The van der Waals surface area contributed by atoms with Gasteiger partial charge in [0.1, 0.15) is 0 Å². The van der Waals surface area contributed by atoms with E-state index in [1.807, 2.05) is 12.1 Å². The van der Waals surface area contributed by atoms with Crippen molar-refractivity contribution in [2.45, 2.75) is 48.7 Å². The van der Waals surface area contributed by atoms with Gasteiger partial charge in [-0.25, -0.2) is 13.1 Å². The van der Waals surface area contributed by atoms with Crippen LogP contribution in [0.25, 0.3) is 6.08 Å². The number of benzene rings is 3. The van der Waals surface area contributed by atoms with Gasteiger partial charge in [0.25, 0.3) is 15.9 Å². The Balaban J connectivity index is 1.05. The number of carbonyl (C=O) groups excluding carboxylic acids is 1. The average Bonchev–Trinajstić information content (AvgIpc) is 3.69. The van der Waals surface area contributed by atoms with Gasteiger partial charge in [-0.3, -0.25) is 9.69 Å². The van der Waals surface area contributed by atoms with Crippen molar-refractivity contribution in [3.05, 3.63) is 108 Å². The number of amides is 1. The fourth-order valence-electron chi connectivity index (χ4n) is 5.00. The fraction of sp³-hybridized carbons (Fsp3) is 0.300. The zero-order valence-electron chi connectivity index (χ0n) is 20.8. The molecule has 1 saturated carbocycles. The zero-order valence-corrected chi connectivity index (χ0v) is 21.6. The Bertz CT molecular complexity index is 1320. The number of sulfonamides is 1. The second kappa shape index (κ2) is 11.4. The van der Waals surface area contributed by atoms with Crippen molar-refractivity contribution in [2.24, 2.45) is 0 Å². The van der Waals surface area contributed by atoms with Gasteiger partial charge in [-0.2, -0.15) is 0 Å². The number of carbonyl (C=O) groups is 1. The summed E-state index contributed by atoms with van der Waals surface area (Å²) in [7, 11) is -3.87. The highest BCUT2D eigenvalue weighted by molar-refractivity contribution is 7.90. The monoisotopic (exact) mass is 515 g/mol. The molecule has 2 fully saturated rings. The molecule has 5 rings (SSSR count). The number of hydrogen-bond acceptors (Lipinski definition) is 5. The molecular formula is C30H33N3O3S. The van der Waals surface area contributed by atoms with Crippen molar-refractivity contribution >= 4 is 22.0 Å². The largest absolute Gasteiger partial charge is 0.311 e. The van der Waals surface area contributed by atoms with E-state index in [2.05, 4.69) is 57.4 Å². The van der Waals surface area contributed by atoms with Gasteiger partial charge >= 0.3 is 0 Å². The van der Waals surface area contributed by atoms with Crippen LogP contribution in [0.1, 0.15) is 41.9 Å². The topological polar surface area (TPSA) is 78.5 Å². The number of piperidine rings is 1. The molecule has 0 unspecified atom stereocenters. The Hall–Kier alpha value is -3.26. The summed E-state index contributed by atoms with van der Waals surface area (Å²) in [5.41, 5.74) is 3.52. The Morgan fingerprint density at radius 3 is 2.22 bits per heavy atom. The first-order chi connectivity index (χ1) is 18.0. The van der Waals surface area contributed by atoms with Crippen molar-refractivity contribution in [3.8, 4) is 0 Å². The van der Waals surface area contributed by atoms with E-state index in [1.165, 1.54) is 48.6 Å². The van der Waals surface area contributed by atoms with Crippen LogP contribution in [0, 0.1) is 0 Å². The molecule has 3 aromatic carbocycles. The quantitative estimate of drug-likeness (QED) is 0.415. The summed E-state index contributed by atoms with van der Waals surface area (Å²) >= 11 is 0. The third kappa shape index (κ3) is 6.95. The highest BCUT2D eigenvalue weighted by Crippen LogP contribution is 2.41. The first-order valence-electron chi connectivity index (χ1n) is 12.9. The van der Waals surface area contributed by atoms with Gasteiger partial charge in [-0.1, -0.05) is 72.8 Å². The number of nitrogens with one attached hydrogen (secondary N) is 2. The van der Waals surface area contributed by atoms with Gasteiger partial charge in [0.15, 0.2) is 0 Å². The Kier molecular flexibility index (Phi) is 7.84. The summed E-state index contributed by atoms with van der Waals surface area (Å²) in [5.74, 6) is -0.00294. The minimum absolute atomic E-state index is 0.0600. The van der Waals surface area contributed by atoms with Crippen LogP contribution in [-0.2, 0) is 21.4 Å². The van der Waals surface area contributed by atoms with Crippen molar-refractivity contribution in [1.29, 1.82) is 0 Å². The van der Waals surface area contributed by atoms with Crippen molar-refractivity contribution in [2.75, 3.05) is 13.1 Å². The molecule has 37 heavy (non-hydrogen) atoms. The molecule has 3 aromatic rings. The van der Waals surface area contributed by atoms with Crippen LogP contribution in [0.4, 0.5) is 0 Å². The maximum Gasteiger partial charge on any atom is 0.264 e. The number of rotatable bonds is 9. The molecule has 1 aliphatic heterocycles. The van der Waals surface area contributed by atoms with E-state index in [0.717, 1.165) is 25.2 Å². The van der Waals surface area contributed by atoms with Gasteiger partial charge in [0, 0.05) is 30.6 Å². The Morgan fingerprint density at radius 1 is 0.892 bits per heavy atom. The summed E-state index contributed by atoms with van der Waals surface area (Å²) in [4.78, 5) is 14.7. The van der Waals surface area contributed by atoms with Crippen LogP contribution in [0.15, 0.2) is 95.9 Å². The molecule has 1 saturated heterocycles. The summed E-state index contributed by atoms with van der Waals surface area (Å²) in [6.07, 6.45) is 6.45. The molecular weight excluding hydrogens is 482 g/mol. The molecule has 1 aliphatic carbocycles. The molecule has 0 radical (unpaired) electrons. The van der Waals surface area contributed by atoms with E-state index in [-0.39, 0.29) is 4.90 Å². The lowest BCUT2D eigenvalue weighted by Gasteiger charge is -2.32. The van der Waals surface area contributed by atoms with Gasteiger partial charge in [-0.05, 0) is 67.3 Å². The third-order valence-corrected chi connectivity index (χ3v) is 8.52. The van der Waals surface area contributed by atoms with Gasteiger partial charge in [0.05, 0.1) is 4.90 Å². The molecule has 1 amide bonds. The predicted molar refractivity (Wildman–Crippen MR) is 146 cm³/mol. The van der Waals surface area contributed by atoms with Crippen LogP contribution in [0.5, 0.6) is 0 Å². The van der Waals surface area contributed by atoms with E-state index in [4.69, 9.17) is 0 Å². The lowest BCUT2D eigenvalue weighted by atomic mass is 10.0. The van der Waals surface area contributed by atoms with Crippen LogP contribution in [0.3, 0.4) is 0 Å². The second-order valence-electron chi connectivity index (χ2n) is 9.93. The summed E-state index contributed by atoms with van der Waals surface area (Å²) in [6.45, 7) is 3.07. The molecule has 0 spiro atoms. The van der Waals surface area contributed by atoms with Crippen LogP contribution in [-0.4, -0.2) is 44.4 Å². The lowest BCUT2D eigenvalue weighted by molar-refractivity contribution is -0.114. The van der Waals surface area contributed by atoms with Crippen molar-refractivity contribution < 1.29 is 13.2 Å². The summed E-state index contributed by atoms with van der Waals surface area (Å²) in [5, 5.41) is 3.88. The summed E-state index contributed by atoms with van der Waals surface area (Å²) in [6, 6.07) is 27.9. The minimum Gasteiger partial charge on any atom is -0.311 e. The Morgan fingerprint density at radius 2 is 1.54 bits per heavy atom. The molecule has 0 aromatic heterocycles. The lowest BCUT2D eigenvalue weighted by Crippen LogP contribution is -2.43. The van der Waals surface area contributed by atoms with E-state index < -0.39 is 15.9 Å². The standard InChI is InChI=1S/C30H33N3O3S/c34-30(32-37(35,36)27-9-5-2-6-10-27)16-15-23-11-13-24(14-12-23)22-33-19-17-26(18-20-33)31-29-21-28(29)25-7-3-1-4-8-25/h1-16,26,28-29,31H,17-22H2,(H,32,34)/b16-15+/t28-,29+/m0/s1. The van der Waals surface area contributed by atoms with Gasteiger partial charge in [-0.15, -0.1) is 0 Å². The maximum atomic E-state index is 12.3. The summed E-state index contributed by atoms with van der Waals surface area (Å²) < 4.78 is 26.6. The smallest absolute Gasteiger partial charge is 0.264 e. The average molecular weight is 516 g/mol. The molecule has 0 bridgehead atoms. The molecule has 192 valence electrons. The van der Waals surface area contributed by atoms with Gasteiger partial charge in [0.2, 0.25) is 0 Å². The van der Waals surface area contributed by atoms with Crippen LogP contribution in [0.2, 0.25) is 0 Å².